The summed E-state index contributed by atoms with van der Waals surface area (Å²) in [5, 5.41) is 22.3. The first-order chi connectivity index (χ1) is 18.9. The molecule has 0 amide bonds. The van der Waals surface area contributed by atoms with Crippen molar-refractivity contribution in [3.8, 4) is 40.1 Å². The molecule has 0 aliphatic rings. The van der Waals surface area contributed by atoms with Crippen molar-refractivity contribution >= 4 is 21.8 Å². The summed E-state index contributed by atoms with van der Waals surface area (Å²) < 4.78 is 2.22. The number of rotatable bonds is 3. The molecular formula is C36H27N3. The maximum Gasteiger partial charge on any atom is 0.101 e. The topological polar surface area (TPSA) is 52.5 Å². The van der Waals surface area contributed by atoms with Gasteiger partial charge < -0.3 is 4.57 Å². The second-order valence-electron chi connectivity index (χ2n) is 10.9. The van der Waals surface area contributed by atoms with Crippen molar-refractivity contribution in [1.82, 2.24) is 4.57 Å². The molecule has 1 heterocycles. The van der Waals surface area contributed by atoms with Gasteiger partial charge in [0.15, 0.2) is 0 Å². The van der Waals surface area contributed by atoms with Crippen molar-refractivity contribution in [2.75, 3.05) is 0 Å². The van der Waals surface area contributed by atoms with E-state index in [0.29, 0.717) is 11.1 Å². The lowest BCUT2D eigenvalue weighted by atomic mass is 9.83. The van der Waals surface area contributed by atoms with E-state index in [0.717, 1.165) is 55.3 Å². The minimum atomic E-state index is -0.287. The molecule has 1 aromatic heterocycles. The fourth-order valence-corrected chi connectivity index (χ4v) is 5.48. The molecule has 186 valence electrons. The minimum Gasteiger partial charge on any atom is -0.308 e. The third kappa shape index (κ3) is 4.15. The summed E-state index contributed by atoms with van der Waals surface area (Å²) in [7, 11) is 0. The molecule has 0 unspecified atom stereocenters. The van der Waals surface area contributed by atoms with Gasteiger partial charge in [0, 0.05) is 10.8 Å². The number of aromatic nitrogens is 1. The van der Waals surface area contributed by atoms with Gasteiger partial charge in [-0.15, -0.1) is 0 Å². The Morgan fingerprint density at radius 1 is 0.564 bits per heavy atom. The second kappa shape index (κ2) is 9.32. The third-order valence-electron chi connectivity index (χ3n) is 7.37. The standard InChI is InChI=1S/C36H27N3/c1-36(2,3)32-19-24(22-37)18-29(23-38)35(32)39-33-16-14-27(25-10-6-4-7-11-25)20-30(33)31-21-28(15-17-34(31)39)26-12-8-5-9-13-26/h4-21H,1-3H3. The van der Waals surface area contributed by atoms with Crippen LogP contribution in [0.2, 0.25) is 0 Å². The summed E-state index contributed by atoms with van der Waals surface area (Å²) >= 11 is 0. The molecule has 0 aliphatic carbocycles. The maximum absolute atomic E-state index is 10.3. The Kier molecular flexibility index (Phi) is 5.79. The molecule has 3 heteroatoms. The number of nitriles is 2. The fraction of sp³-hybridized carbons (Fsp3) is 0.111. The zero-order valence-corrected chi connectivity index (χ0v) is 22.2. The lowest BCUT2D eigenvalue weighted by Crippen LogP contribution is -2.17. The normalized spacial score (nSPS) is 11.4. The highest BCUT2D eigenvalue weighted by molar-refractivity contribution is 6.12. The lowest BCUT2D eigenvalue weighted by molar-refractivity contribution is 0.587. The quantitative estimate of drug-likeness (QED) is 0.243. The average Bonchev–Trinajstić information content (AvgIpc) is 3.29. The van der Waals surface area contributed by atoms with E-state index in [4.69, 9.17) is 0 Å². The molecule has 5 aromatic carbocycles. The molecule has 39 heavy (non-hydrogen) atoms. The summed E-state index contributed by atoms with van der Waals surface area (Å²) in [6.07, 6.45) is 0. The maximum atomic E-state index is 10.3. The van der Waals surface area contributed by atoms with E-state index in [1.165, 1.54) is 0 Å². The molecule has 0 spiro atoms. The van der Waals surface area contributed by atoms with Crippen molar-refractivity contribution in [3.63, 3.8) is 0 Å². The van der Waals surface area contributed by atoms with E-state index in [1.54, 1.807) is 6.07 Å². The van der Waals surface area contributed by atoms with Crippen LogP contribution in [0.15, 0.2) is 109 Å². The molecule has 0 radical (unpaired) electrons. The van der Waals surface area contributed by atoms with Crippen LogP contribution >= 0.6 is 0 Å². The summed E-state index contributed by atoms with van der Waals surface area (Å²) in [6.45, 7) is 6.38. The first-order valence-electron chi connectivity index (χ1n) is 13.1. The van der Waals surface area contributed by atoms with Crippen molar-refractivity contribution in [1.29, 1.82) is 10.5 Å². The Bertz CT molecular complexity index is 1840. The predicted molar refractivity (Wildman–Crippen MR) is 160 cm³/mol. The smallest absolute Gasteiger partial charge is 0.101 e. The molecule has 6 aromatic rings. The number of benzene rings is 5. The second-order valence-corrected chi connectivity index (χ2v) is 10.9. The van der Waals surface area contributed by atoms with E-state index in [1.807, 2.05) is 18.2 Å². The molecule has 3 nitrogen and oxygen atoms in total. The summed E-state index contributed by atoms with van der Waals surface area (Å²) in [6, 6.07) is 42.2. The van der Waals surface area contributed by atoms with Gasteiger partial charge in [0.1, 0.15) is 6.07 Å². The van der Waals surface area contributed by atoms with E-state index >= 15 is 0 Å². The van der Waals surface area contributed by atoms with Crippen LogP contribution in [0.5, 0.6) is 0 Å². The van der Waals surface area contributed by atoms with Gasteiger partial charge in [0.05, 0.1) is 33.9 Å². The van der Waals surface area contributed by atoms with Gasteiger partial charge >= 0.3 is 0 Å². The van der Waals surface area contributed by atoms with Crippen LogP contribution in [-0.4, -0.2) is 4.57 Å². The summed E-state index contributed by atoms with van der Waals surface area (Å²) in [5.74, 6) is 0. The van der Waals surface area contributed by atoms with E-state index in [2.05, 4.69) is 122 Å². The average molecular weight is 502 g/mol. The van der Waals surface area contributed by atoms with Crippen LogP contribution in [0, 0.1) is 22.7 Å². The van der Waals surface area contributed by atoms with Crippen LogP contribution in [-0.2, 0) is 5.41 Å². The molecule has 0 N–H and O–H groups in total. The third-order valence-corrected chi connectivity index (χ3v) is 7.37. The largest absolute Gasteiger partial charge is 0.308 e. The molecular weight excluding hydrogens is 474 g/mol. The van der Waals surface area contributed by atoms with Crippen LogP contribution < -0.4 is 0 Å². The minimum absolute atomic E-state index is 0.287. The van der Waals surface area contributed by atoms with E-state index in [9.17, 15) is 10.5 Å². The Hall–Kier alpha value is -5.12. The first kappa shape index (κ1) is 24.2. The van der Waals surface area contributed by atoms with Crippen molar-refractivity contribution < 1.29 is 0 Å². The Balaban J connectivity index is 1.75. The Labute approximate surface area is 228 Å². The summed E-state index contributed by atoms with van der Waals surface area (Å²) in [4.78, 5) is 0. The first-order valence-corrected chi connectivity index (χ1v) is 13.1. The van der Waals surface area contributed by atoms with Crippen LogP contribution in [0.4, 0.5) is 0 Å². The molecule has 0 saturated heterocycles. The van der Waals surface area contributed by atoms with Gasteiger partial charge in [0.25, 0.3) is 0 Å². The zero-order valence-electron chi connectivity index (χ0n) is 22.2. The SMILES string of the molecule is CC(C)(C)c1cc(C#N)cc(C#N)c1-n1c2ccc(-c3ccccc3)cc2c2cc(-c3ccccc3)ccc21. The Morgan fingerprint density at radius 3 is 1.51 bits per heavy atom. The summed E-state index contributed by atoms with van der Waals surface area (Å²) in [5.41, 5.74) is 9.17. The molecule has 0 saturated carbocycles. The predicted octanol–water partition coefficient (Wildman–Crippen LogP) is 9.16. The zero-order chi connectivity index (χ0) is 27.1. The monoisotopic (exact) mass is 501 g/mol. The van der Waals surface area contributed by atoms with E-state index < -0.39 is 0 Å². The van der Waals surface area contributed by atoms with Gasteiger partial charge in [-0.05, 0) is 69.6 Å². The number of nitrogens with zero attached hydrogens (tertiary/aromatic N) is 3. The van der Waals surface area contributed by atoms with E-state index in [-0.39, 0.29) is 5.41 Å². The van der Waals surface area contributed by atoms with Crippen molar-refractivity contribution in [3.05, 3.63) is 126 Å². The molecule has 0 bridgehead atoms. The number of hydrogen-bond donors (Lipinski definition) is 0. The van der Waals surface area contributed by atoms with Crippen LogP contribution in [0.25, 0.3) is 49.7 Å². The van der Waals surface area contributed by atoms with Crippen LogP contribution in [0.3, 0.4) is 0 Å². The van der Waals surface area contributed by atoms with Gasteiger partial charge in [-0.2, -0.15) is 10.5 Å². The van der Waals surface area contributed by atoms with Gasteiger partial charge in [-0.3, -0.25) is 0 Å². The number of hydrogen-bond acceptors (Lipinski definition) is 2. The highest BCUT2D eigenvalue weighted by atomic mass is 15.0. The fourth-order valence-electron chi connectivity index (χ4n) is 5.48. The highest BCUT2D eigenvalue weighted by Gasteiger charge is 2.26. The lowest BCUT2D eigenvalue weighted by Gasteiger charge is -2.25. The molecule has 6 rings (SSSR count). The molecule has 0 atom stereocenters. The van der Waals surface area contributed by atoms with Crippen LogP contribution in [0.1, 0.15) is 37.5 Å². The van der Waals surface area contributed by atoms with Gasteiger partial charge in [-0.1, -0.05) is 93.6 Å². The molecule has 0 aliphatic heterocycles. The highest BCUT2D eigenvalue weighted by Crippen LogP contribution is 2.41. The van der Waals surface area contributed by atoms with Crippen molar-refractivity contribution in [2.24, 2.45) is 0 Å². The molecule has 0 fully saturated rings. The van der Waals surface area contributed by atoms with Gasteiger partial charge in [-0.25, -0.2) is 0 Å². The van der Waals surface area contributed by atoms with Gasteiger partial charge in [0.2, 0.25) is 0 Å². The Morgan fingerprint density at radius 2 is 1.08 bits per heavy atom. The van der Waals surface area contributed by atoms with Crippen molar-refractivity contribution in [2.45, 2.75) is 26.2 Å². The number of fused-ring (bicyclic) bond motifs is 3.